The maximum absolute atomic E-state index is 13.1. The molecule has 0 aliphatic heterocycles. The first kappa shape index (κ1) is 12.5. The van der Waals surface area contributed by atoms with E-state index in [1.807, 2.05) is 0 Å². The Morgan fingerprint density at radius 1 is 1.31 bits per heavy atom. The maximum atomic E-state index is 13.1. The van der Waals surface area contributed by atoms with Gasteiger partial charge in [-0.2, -0.15) is 13.2 Å². The molecule has 0 aliphatic carbocycles. The Morgan fingerprint density at radius 2 is 1.88 bits per heavy atom. The number of hydrogen-bond acceptors (Lipinski definition) is 2. The van der Waals surface area contributed by atoms with Crippen LogP contribution >= 0.6 is 0 Å². The molecule has 2 nitrogen and oxygen atoms in total. The van der Waals surface area contributed by atoms with Gasteiger partial charge < -0.3 is 4.74 Å². The van der Waals surface area contributed by atoms with Gasteiger partial charge in [0.15, 0.2) is 0 Å². The highest BCUT2D eigenvalue weighted by Gasteiger charge is 2.36. The SMILES string of the molecule is COC(=O)c1cc(F)c(C)cc1C(F)(F)F. The molecule has 0 amide bonds. The molecular weight excluding hydrogens is 228 g/mol. The van der Waals surface area contributed by atoms with Crippen LogP contribution in [0.3, 0.4) is 0 Å². The van der Waals surface area contributed by atoms with Crippen LogP contribution in [0.5, 0.6) is 0 Å². The minimum atomic E-state index is -4.72. The Bertz CT molecular complexity index is 424. The molecule has 16 heavy (non-hydrogen) atoms. The van der Waals surface area contributed by atoms with Crippen LogP contribution in [0.1, 0.15) is 21.5 Å². The van der Waals surface area contributed by atoms with Gasteiger partial charge in [-0.15, -0.1) is 0 Å². The lowest BCUT2D eigenvalue weighted by Gasteiger charge is -2.12. The number of methoxy groups -OCH3 is 1. The molecule has 0 aromatic heterocycles. The zero-order chi connectivity index (χ0) is 12.5. The first-order chi connectivity index (χ1) is 7.27. The van der Waals surface area contributed by atoms with Crippen molar-refractivity contribution in [2.24, 2.45) is 0 Å². The number of carbonyl (C=O) groups excluding carboxylic acids is 1. The second-order valence-electron chi connectivity index (χ2n) is 3.14. The third-order valence-corrected chi connectivity index (χ3v) is 2.01. The predicted molar refractivity (Wildman–Crippen MR) is 47.5 cm³/mol. The van der Waals surface area contributed by atoms with Crippen molar-refractivity contribution in [3.05, 3.63) is 34.6 Å². The minimum absolute atomic E-state index is 0.181. The van der Waals surface area contributed by atoms with E-state index in [0.29, 0.717) is 12.1 Å². The van der Waals surface area contributed by atoms with Crippen molar-refractivity contribution in [2.75, 3.05) is 7.11 Å². The first-order valence-electron chi connectivity index (χ1n) is 4.23. The van der Waals surface area contributed by atoms with Gasteiger partial charge in [-0.05, 0) is 24.6 Å². The van der Waals surface area contributed by atoms with Gasteiger partial charge in [-0.25, -0.2) is 9.18 Å². The number of alkyl halides is 3. The van der Waals surface area contributed by atoms with Crippen LogP contribution in [-0.2, 0) is 10.9 Å². The summed E-state index contributed by atoms with van der Waals surface area (Å²) in [6.45, 7) is 1.19. The molecule has 0 heterocycles. The van der Waals surface area contributed by atoms with E-state index in [-0.39, 0.29) is 5.56 Å². The summed E-state index contributed by atoms with van der Waals surface area (Å²) in [6.07, 6.45) is -4.72. The third-order valence-electron chi connectivity index (χ3n) is 2.01. The number of aryl methyl sites for hydroxylation is 1. The molecule has 0 atom stereocenters. The molecule has 0 saturated heterocycles. The lowest BCUT2D eigenvalue weighted by Crippen LogP contribution is -2.15. The van der Waals surface area contributed by atoms with Gasteiger partial charge >= 0.3 is 12.1 Å². The van der Waals surface area contributed by atoms with Crippen LogP contribution in [0.4, 0.5) is 17.6 Å². The van der Waals surface area contributed by atoms with E-state index in [1.54, 1.807) is 0 Å². The third kappa shape index (κ3) is 2.32. The average molecular weight is 236 g/mol. The number of rotatable bonds is 1. The minimum Gasteiger partial charge on any atom is -0.465 e. The molecular formula is C10H8F4O2. The molecule has 0 bridgehead atoms. The Hall–Kier alpha value is -1.59. The van der Waals surface area contributed by atoms with E-state index in [4.69, 9.17) is 0 Å². The predicted octanol–water partition coefficient (Wildman–Crippen LogP) is 2.94. The maximum Gasteiger partial charge on any atom is 0.417 e. The fraction of sp³-hybridized carbons (Fsp3) is 0.300. The lowest BCUT2D eigenvalue weighted by molar-refractivity contribution is -0.138. The Kier molecular flexibility index (Phi) is 3.21. The van der Waals surface area contributed by atoms with Crippen LogP contribution in [0.15, 0.2) is 12.1 Å². The monoisotopic (exact) mass is 236 g/mol. The van der Waals surface area contributed by atoms with Crippen LogP contribution in [0, 0.1) is 12.7 Å². The average Bonchev–Trinajstić information content (AvgIpc) is 2.18. The Balaban J connectivity index is 3.45. The molecule has 0 aliphatic rings. The zero-order valence-electron chi connectivity index (χ0n) is 8.48. The number of benzene rings is 1. The number of esters is 1. The highest BCUT2D eigenvalue weighted by molar-refractivity contribution is 5.91. The molecule has 6 heteroatoms. The summed E-state index contributed by atoms with van der Waals surface area (Å²) in [5, 5.41) is 0. The summed E-state index contributed by atoms with van der Waals surface area (Å²) >= 11 is 0. The molecule has 0 unspecified atom stereocenters. The van der Waals surface area contributed by atoms with Gasteiger partial charge in [0, 0.05) is 0 Å². The van der Waals surface area contributed by atoms with Gasteiger partial charge in [0.25, 0.3) is 0 Å². The number of carbonyl (C=O) groups is 1. The standard InChI is InChI=1S/C10H8F4O2/c1-5-3-7(10(12,13)14)6(4-8(5)11)9(15)16-2/h3-4H,1-2H3. The van der Waals surface area contributed by atoms with Crippen molar-refractivity contribution >= 4 is 5.97 Å². The van der Waals surface area contributed by atoms with Crippen LogP contribution in [-0.4, -0.2) is 13.1 Å². The van der Waals surface area contributed by atoms with E-state index in [9.17, 15) is 22.4 Å². The Morgan fingerprint density at radius 3 is 2.31 bits per heavy atom. The molecule has 0 N–H and O–H groups in total. The molecule has 0 saturated carbocycles. The molecule has 0 spiro atoms. The molecule has 1 rings (SSSR count). The van der Waals surface area contributed by atoms with Gasteiger partial charge in [-0.3, -0.25) is 0 Å². The highest BCUT2D eigenvalue weighted by atomic mass is 19.4. The fourth-order valence-electron chi connectivity index (χ4n) is 1.19. The summed E-state index contributed by atoms with van der Waals surface area (Å²) in [5.74, 6) is -2.10. The molecule has 0 radical (unpaired) electrons. The van der Waals surface area contributed by atoms with Crippen molar-refractivity contribution < 1.29 is 27.1 Å². The van der Waals surface area contributed by atoms with Crippen molar-refractivity contribution in [2.45, 2.75) is 13.1 Å². The van der Waals surface area contributed by atoms with E-state index in [2.05, 4.69) is 4.74 Å². The van der Waals surface area contributed by atoms with Crippen LogP contribution < -0.4 is 0 Å². The van der Waals surface area contributed by atoms with Crippen LogP contribution in [0.25, 0.3) is 0 Å². The van der Waals surface area contributed by atoms with E-state index in [1.165, 1.54) is 6.92 Å². The summed E-state index contributed by atoms with van der Waals surface area (Å²) in [6, 6.07) is 1.12. The van der Waals surface area contributed by atoms with Gasteiger partial charge in [0.05, 0.1) is 18.2 Å². The quantitative estimate of drug-likeness (QED) is 0.553. The molecule has 1 aromatic carbocycles. The van der Waals surface area contributed by atoms with Gasteiger partial charge in [-0.1, -0.05) is 0 Å². The normalized spacial score (nSPS) is 11.4. The topological polar surface area (TPSA) is 26.3 Å². The van der Waals surface area contributed by atoms with Crippen molar-refractivity contribution in [3.8, 4) is 0 Å². The van der Waals surface area contributed by atoms with E-state index in [0.717, 1.165) is 7.11 Å². The Labute approximate surface area is 88.8 Å². The molecule has 1 aromatic rings. The van der Waals surface area contributed by atoms with Crippen LogP contribution in [0.2, 0.25) is 0 Å². The number of ether oxygens (including phenoxy) is 1. The highest BCUT2D eigenvalue weighted by Crippen LogP contribution is 2.33. The number of halogens is 4. The smallest absolute Gasteiger partial charge is 0.417 e. The van der Waals surface area contributed by atoms with E-state index < -0.39 is 29.1 Å². The largest absolute Gasteiger partial charge is 0.465 e. The zero-order valence-corrected chi connectivity index (χ0v) is 8.48. The fourth-order valence-corrected chi connectivity index (χ4v) is 1.19. The van der Waals surface area contributed by atoms with Crippen molar-refractivity contribution in [3.63, 3.8) is 0 Å². The van der Waals surface area contributed by atoms with Gasteiger partial charge in [0.1, 0.15) is 5.82 Å². The summed E-state index contributed by atoms with van der Waals surface area (Å²) in [4.78, 5) is 11.1. The molecule has 88 valence electrons. The lowest BCUT2D eigenvalue weighted by atomic mass is 10.0. The van der Waals surface area contributed by atoms with E-state index >= 15 is 0 Å². The summed E-state index contributed by atoms with van der Waals surface area (Å²) in [5.41, 5.74) is -2.20. The summed E-state index contributed by atoms with van der Waals surface area (Å²) < 4.78 is 54.8. The van der Waals surface area contributed by atoms with Crippen molar-refractivity contribution in [1.82, 2.24) is 0 Å². The summed E-state index contributed by atoms with van der Waals surface area (Å²) in [7, 11) is 0.931. The second-order valence-corrected chi connectivity index (χ2v) is 3.14. The number of hydrogen-bond donors (Lipinski definition) is 0. The second kappa shape index (κ2) is 4.11. The molecule has 0 fully saturated rings. The van der Waals surface area contributed by atoms with Crippen molar-refractivity contribution in [1.29, 1.82) is 0 Å². The first-order valence-corrected chi connectivity index (χ1v) is 4.23. The van der Waals surface area contributed by atoms with Gasteiger partial charge in [0.2, 0.25) is 0 Å².